The smallest absolute Gasteiger partial charge is 0.00412 e. The van der Waals surface area contributed by atoms with Crippen LogP contribution >= 0.6 is 0 Å². The third-order valence-corrected chi connectivity index (χ3v) is 4.48. The SMILES string of the molecule is CCNC(C)CC(C)C1CCCC(CC)C1. The molecule has 0 aromatic rings. The van der Waals surface area contributed by atoms with Crippen LogP contribution in [0.5, 0.6) is 0 Å². The fraction of sp³-hybridized carbons (Fsp3) is 1.00. The van der Waals surface area contributed by atoms with Crippen molar-refractivity contribution in [2.45, 2.75) is 72.3 Å². The summed E-state index contributed by atoms with van der Waals surface area (Å²) >= 11 is 0. The van der Waals surface area contributed by atoms with E-state index in [0.29, 0.717) is 6.04 Å². The third kappa shape index (κ3) is 4.45. The van der Waals surface area contributed by atoms with Crippen molar-refractivity contribution >= 4 is 0 Å². The van der Waals surface area contributed by atoms with E-state index in [1.54, 1.807) is 0 Å². The van der Waals surface area contributed by atoms with Gasteiger partial charge in [0.2, 0.25) is 0 Å². The van der Waals surface area contributed by atoms with Crippen LogP contribution in [0.25, 0.3) is 0 Å². The molecule has 1 nitrogen and oxygen atoms in total. The summed E-state index contributed by atoms with van der Waals surface area (Å²) in [6.45, 7) is 10.5. The number of hydrogen-bond donors (Lipinski definition) is 1. The molecule has 4 atom stereocenters. The molecule has 96 valence electrons. The molecule has 1 aliphatic carbocycles. The second kappa shape index (κ2) is 7.32. The van der Waals surface area contributed by atoms with Gasteiger partial charge in [-0.25, -0.2) is 0 Å². The van der Waals surface area contributed by atoms with E-state index in [2.05, 4.69) is 33.0 Å². The van der Waals surface area contributed by atoms with E-state index in [1.807, 2.05) is 0 Å². The van der Waals surface area contributed by atoms with Gasteiger partial charge in [-0.05, 0) is 44.1 Å². The monoisotopic (exact) mass is 225 g/mol. The van der Waals surface area contributed by atoms with Gasteiger partial charge >= 0.3 is 0 Å². The zero-order valence-electron chi connectivity index (χ0n) is 11.8. The lowest BCUT2D eigenvalue weighted by molar-refractivity contribution is 0.186. The summed E-state index contributed by atoms with van der Waals surface area (Å²) in [6, 6.07) is 0.696. The summed E-state index contributed by atoms with van der Waals surface area (Å²) in [5, 5.41) is 3.54. The van der Waals surface area contributed by atoms with Crippen molar-refractivity contribution < 1.29 is 0 Å². The molecule has 0 aromatic carbocycles. The first-order valence-electron chi connectivity index (χ1n) is 7.40. The van der Waals surface area contributed by atoms with Crippen LogP contribution in [0.1, 0.15) is 66.2 Å². The van der Waals surface area contributed by atoms with Gasteiger partial charge in [-0.1, -0.05) is 46.5 Å². The average Bonchev–Trinajstić information content (AvgIpc) is 2.29. The molecule has 0 amide bonds. The first kappa shape index (κ1) is 14.0. The maximum Gasteiger partial charge on any atom is 0.00412 e. The van der Waals surface area contributed by atoms with Gasteiger partial charge in [0.05, 0.1) is 0 Å². The van der Waals surface area contributed by atoms with E-state index < -0.39 is 0 Å². The maximum atomic E-state index is 3.54. The van der Waals surface area contributed by atoms with Crippen LogP contribution in [0.15, 0.2) is 0 Å². The van der Waals surface area contributed by atoms with Crippen LogP contribution in [0.3, 0.4) is 0 Å². The highest BCUT2D eigenvalue weighted by Gasteiger charge is 2.25. The molecule has 16 heavy (non-hydrogen) atoms. The van der Waals surface area contributed by atoms with Crippen molar-refractivity contribution in [2.24, 2.45) is 17.8 Å². The molecule has 1 aliphatic rings. The molecule has 1 N–H and O–H groups in total. The predicted molar refractivity (Wildman–Crippen MR) is 72.7 cm³/mol. The lowest BCUT2D eigenvalue weighted by Crippen LogP contribution is -2.30. The summed E-state index contributed by atoms with van der Waals surface area (Å²) < 4.78 is 0. The summed E-state index contributed by atoms with van der Waals surface area (Å²) in [7, 11) is 0. The highest BCUT2D eigenvalue weighted by atomic mass is 14.9. The van der Waals surface area contributed by atoms with Crippen LogP contribution in [-0.2, 0) is 0 Å². The molecule has 1 heteroatoms. The van der Waals surface area contributed by atoms with Crippen LogP contribution < -0.4 is 5.32 Å². The Hall–Kier alpha value is -0.0400. The Kier molecular flexibility index (Phi) is 6.41. The van der Waals surface area contributed by atoms with Gasteiger partial charge < -0.3 is 5.32 Å². The van der Waals surface area contributed by atoms with Crippen molar-refractivity contribution in [1.82, 2.24) is 5.32 Å². The lowest BCUT2D eigenvalue weighted by atomic mass is 9.73. The van der Waals surface area contributed by atoms with Crippen molar-refractivity contribution in [3.05, 3.63) is 0 Å². The topological polar surface area (TPSA) is 12.0 Å². The first-order chi connectivity index (χ1) is 7.67. The molecule has 0 radical (unpaired) electrons. The molecule has 0 aromatic heterocycles. The quantitative estimate of drug-likeness (QED) is 0.713. The minimum absolute atomic E-state index is 0.696. The fourth-order valence-electron chi connectivity index (χ4n) is 3.40. The zero-order chi connectivity index (χ0) is 12.0. The van der Waals surface area contributed by atoms with E-state index in [4.69, 9.17) is 0 Å². The zero-order valence-corrected chi connectivity index (χ0v) is 11.8. The Morgan fingerprint density at radius 1 is 1.19 bits per heavy atom. The van der Waals surface area contributed by atoms with E-state index in [9.17, 15) is 0 Å². The fourth-order valence-corrected chi connectivity index (χ4v) is 3.40. The van der Waals surface area contributed by atoms with Crippen molar-refractivity contribution in [1.29, 1.82) is 0 Å². The predicted octanol–water partition coefficient (Wildman–Crippen LogP) is 4.23. The molecule has 1 saturated carbocycles. The highest BCUT2D eigenvalue weighted by Crippen LogP contribution is 2.36. The van der Waals surface area contributed by atoms with Gasteiger partial charge in [-0.3, -0.25) is 0 Å². The van der Waals surface area contributed by atoms with Crippen LogP contribution in [0.2, 0.25) is 0 Å². The molecule has 1 fully saturated rings. The van der Waals surface area contributed by atoms with Gasteiger partial charge in [0.15, 0.2) is 0 Å². The Morgan fingerprint density at radius 3 is 2.56 bits per heavy atom. The molecule has 4 unspecified atom stereocenters. The summed E-state index contributed by atoms with van der Waals surface area (Å²) in [5.74, 6) is 2.93. The van der Waals surface area contributed by atoms with E-state index in [-0.39, 0.29) is 0 Å². The number of rotatable bonds is 6. The molecule has 1 rings (SSSR count). The van der Waals surface area contributed by atoms with Gasteiger partial charge in [0.1, 0.15) is 0 Å². The molecule has 0 bridgehead atoms. The van der Waals surface area contributed by atoms with Gasteiger partial charge in [0, 0.05) is 6.04 Å². The minimum Gasteiger partial charge on any atom is -0.315 e. The minimum atomic E-state index is 0.696. The molecule has 0 spiro atoms. The summed E-state index contributed by atoms with van der Waals surface area (Å²) in [5.41, 5.74) is 0. The Balaban J connectivity index is 2.32. The number of hydrogen-bond acceptors (Lipinski definition) is 1. The van der Waals surface area contributed by atoms with Crippen LogP contribution in [-0.4, -0.2) is 12.6 Å². The largest absolute Gasteiger partial charge is 0.315 e. The lowest BCUT2D eigenvalue weighted by Gasteiger charge is -2.33. The van der Waals surface area contributed by atoms with Gasteiger partial charge in [0.25, 0.3) is 0 Å². The van der Waals surface area contributed by atoms with Gasteiger partial charge in [-0.2, -0.15) is 0 Å². The second-order valence-corrected chi connectivity index (χ2v) is 5.87. The Morgan fingerprint density at radius 2 is 1.94 bits per heavy atom. The van der Waals surface area contributed by atoms with E-state index >= 15 is 0 Å². The standard InChI is InChI=1S/C15H31N/c1-5-14-8-7-9-15(11-14)12(3)10-13(4)16-6-2/h12-16H,5-11H2,1-4H3. The van der Waals surface area contributed by atoms with Crippen LogP contribution in [0.4, 0.5) is 0 Å². The van der Waals surface area contributed by atoms with Crippen LogP contribution in [0, 0.1) is 17.8 Å². The summed E-state index contributed by atoms with van der Waals surface area (Å²) in [4.78, 5) is 0. The molecule has 0 heterocycles. The molecular formula is C15H31N. The molecule has 0 aliphatic heterocycles. The van der Waals surface area contributed by atoms with Crippen molar-refractivity contribution in [2.75, 3.05) is 6.54 Å². The van der Waals surface area contributed by atoms with Crippen molar-refractivity contribution in [3.63, 3.8) is 0 Å². The molecule has 0 saturated heterocycles. The Labute approximate surface area is 102 Å². The van der Waals surface area contributed by atoms with Gasteiger partial charge in [-0.15, -0.1) is 0 Å². The first-order valence-corrected chi connectivity index (χ1v) is 7.40. The average molecular weight is 225 g/mol. The summed E-state index contributed by atoms with van der Waals surface area (Å²) in [6.07, 6.45) is 8.69. The highest BCUT2D eigenvalue weighted by molar-refractivity contribution is 4.78. The maximum absolute atomic E-state index is 3.54. The van der Waals surface area contributed by atoms with E-state index in [1.165, 1.54) is 38.5 Å². The second-order valence-electron chi connectivity index (χ2n) is 5.87. The third-order valence-electron chi connectivity index (χ3n) is 4.48. The van der Waals surface area contributed by atoms with Crippen molar-refractivity contribution in [3.8, 4) is 0 Å². The van der Waals surface area contributed by atoms with E-state index in [0.717, 1.165) is 24.3 Å². The normalized spacial score (nSPS) is 30.0. The Bertz CT molecular complexity index is 178. The molecular weight excluding hydrogens is 194 g/mol. The number of nitrogens with one attached hydrogen (secondary N) is 1.